The van der Waals surface area contributed by atoms with Gasteiger partial charge in [-0.1, -0.05) is 37.6 Å². The Morgan fingerprint density at radius 1 is 1.29 bits per heavy atom. The van der Waals surface area contributed by atoms with Crippen LogP contribution in [0, 0.1) is 28.6 Å². The molecule has 1 saturated heterocycles. The first-order valence-corrected chi connectivity index (χ1v) is 15.0. The molecular formula is C30H35ClN6O3S. The van der Waals surface area contributed by atoms with E-state index in [0.29, 0.717) is 27.6 Å². The first-order valence-electron chi connectivity index (χ1n) is 13.7. The van der Waals surface area contributed by atoms with E-state index < -0.39 is 29.8 Å². The number of fused-ring (bicyclic) bond motifs is 2. The van der Waals surface area contributed by atoms with Crippen molar-refractivity contribution in [2.75, 3.05) is 11.9 Å². The summed E-state index contributed by atoms with van der Waals surface area (Å²) in [4.78, 5) is 38.5. The minimum atomic E-state index is -0.996. The summed E-state index contributed by atoms with van der Waals surface area (Å²) in [6.07, 6.45) is 4.40. The predicted molar refractivity (Wildman–Crippen MR) is 159 cm³/mol. The van der Waals surface area contributed by atoms with Crippen LogP contribution in [0.4, 0.5) is 5.13 Å². The number of amides is 2. The summed E-state index contributed by atoms with van der Waals surface area (Å²) in [7, 11) is 0. The van der Waals surface area contributed by atoms with E-state index >= 15 is 0 Å². The van der Waals surface area contributed by atoms with Crippen LogP contribution in [0.5, 0.6) is 0 Å². The van der Waals surface area contributed by atoms with Crippen LogP contribution in [0.3, 0.4) is 0 Å². The number of hydrogen-bond acceptors (Lipinski definition) is 8. The van der Waals surface area contributed by atoms with Crippen molar-refractivity contribution in [3.8, 4) is 6.07 Å². The van der Waals surface area contributed by atoms with Crippen molar-refractivity contribution < 1.29 is 14.3 Å². The number of pyridine rings is 1. The number of carbonyl (C=O) groups is 2. The number of ether oxygens (including phenoxy) is 1. The maximum atomic E-state index is 14.2. The number of likely N-dealkylation sites (tertiary alicyclic amines) is 1. The van der Waals surface area contributed by atoms with Crippen LogP contribution in [0.2, 0.25) is 5.02 Å². The fourth-order valence-corrected chi connectivity index (χ4v) is 7.12. The average Bonchev–Trinajstić information content (AvgIpc) is 3.33. The Morgan fingerprint density at radius 3 is 2.71 bits per heavy atom. The van der Waals surface area contributed by atoms with E-state index in [9.17, 15) is 14.9 Å². The number of hydrogen-bond donors (Lipinski definition) is 2. The SMILES string of the molecule is C[C@@H](OC(C)(C)C)[C@H](Nc1nccs1)C(=O)N1C[C@H]2[C@@H]([C@H]1C(=O)NC(C#N)c1cncc3cccc(Cl)c13)C2(C)C. The summed E-state index contributed by atoms with van der Waals surface area (Å²) in [5.74, 6) is -0.456. The zero-order valence-electron chi connectivity index (χ0n) is 24.0. The zero-order chi connectivity index (χ0) is 29.7. The molecule has 2 aromatic heterocycles. The topological polar surface area (TPSA) is 120 Å². The summed E-state index contributed by atoms with van der Waals surface area (Å²) in [5, 5.41) is 20.7. The molecule has 0 spiro atoms. The number of nitriles is 1. The predicted octanol–water partition coefficient (Wildman–Crippen LogP) is 5.19. The molecule has 2 amide bonds. The lowest BCUT2D eigenvalue weighted by molar-refractivity contribution is -0.145. The number of nitrogens with one attached hydrogen (secondary N) is 2. The van der Waals surface area contributed by atoms with Gasteiger partial charge in [0, 0.05) is 51.9 Å². The van der Waals surface area contributed by atoms with Gasteiger partial charge >= 0.3 is 0 Å². The van der Waals surface area contributed by atoms with Crippen molar-refractivity contribution in [1.82, 2.24) is 20.2 Å². The summed E-state index contributed by atoms with van der Waals surface area (Å²) in [6, 6.07) is 5.13. The lowest BCUT2D eigenvalue weighted by atomic mass is 9.97. The van der Waals surface area contributed by atoms with Crippen LogP contribution in [0.1, 0.15) is 53.1 Å². The molecule has 1 aromatic carbocycles. The van der Waals surface area contributed by atoms with Crippen molar-refractivity contribution in [3.05, 3.63) is 52.8 Å². The van der Waals surface area contributed by atoms with Crippen LogP contribution in [-0.4, -0.2) is 57.0 Å². The number of nitrogens with zero attached hydrogens (tertiary/aromatic N) is 4. The smallest absolute Gasteiger partial charge is 0.248 e. The molecule has 0 radical (unpaired) electrons. The second-order valence-corrected chi connectivity index (χ2v) is 13.7. The second-order valence-electron chi connectivity index (χ2n) is 12.4. The third-order valence-corrected chi connectivity index (χ3v) is 9.25. The molecule has 1 saturated carbocycles. The van der Waals surface area contributed by atoms with Gasteiger partial charge in [0.2, 0.25) is 11.8 Å². The molecule has 3 aromatic rings. The van der Waals surface area contributed by atoms with E-state index in [-0.39, 0.29) is 29.1 Å². The highest BCUT2D eigenvalue weighted by atomic mass is 35.5. The largest absolute Gasteiger partial charge is 0.370 e. The zero-order valence-corrected chi connectivity index (χ0v) is 25.6. The quantitative estimate of drug-likeness (QED) is 0.368. The van der Waals surface area contributed by atoms with Gasteiger partial charge in [-0.2, -0.15) is 5.26 Å². The Hall–Kier alpha value is -3.26. The number of carbonyl (C=O) groups excluding carboxylic acids is 2. The Kier molecular flexibility index (Phi) is 7.74. The first kappa shape index (κ1) is 29.2. The van der Waals surface area contributed by atoms with Crippen molar-refractivity contribution in [2.45, 2.75) is 71.4 Å². The minimum Gasteiger partial charge on any atom is -0.370 e. The number of thiazole rings is 1. The third-order valence-electron chi connectivity index (χ3n) is 8.23. The fourth-order valence-electron chi connectivity index (χ4n) is 6.27. The maximum Gasteiger partial charge on any atom is 0.248 e. The molecule has 2 fully saturated rings. The second kappa shape index (κ2) is 10.9. The van der Waals surface area contributed by atoms with E-state index in [1.165, 1.54) is 11.3 Å². The fraction of sp³-hybridized carbons (Fsp3) is 0.500. The highest BCUT2D eigenvalue weighted by Gasteiger charge is 2.69. The molecule has 41 heavy (non-hydrogen) atoms. The van der Waals surface area contributed by atoms with Gasteiger partial charge in [0.05, 0.1) is 17.8 Å². The van der Waals surface area contributed by atoms with E-state index in [1.54, 1.807) is 29.6 Å². The summed E-state index contributed by atoms with van der Waals surface area (Å²) < 4.78 is 6.20. The molecule has 11 heteroatoms. The number of rotatable bonds is 8. The molecular weight excluding hydrogens is 560 g/mol. The van der Waals surface area contributed by atoms with E-state index in [0.717, 1.165) is 5.39 Å². The van der Waals surface area contributed by atoms with Crippen molar-refractivity contribution in [3.63, 3.8) is 0 Å². The Balaban J connectivity index is 1.44. The van der Waals surface area contributed by atoms with Crippen LogP contribution >= 0.6 is 22.9 Å². The summed E-state index contributed by atoms with van der Waals surface area (Å²) in [6.45, 7) is 12.4. The number of halogens is 1. The molecule has 9 nitrogen and oxygen atoms in total. The summed E-state index contributed by atoms with van der Waals surface area (Å²) >= 11 is 7.89. The monoisotopic (exact) mass is 594 g/mol. The Morgan fingerprint density at radius 2 is 2.05 bits per heavy atom. The highest BCUT2D eigenvalue weighted by molar-refractivity contribution is 7.13. The maximum absolute atomic E-state index is 14.2. The highest BCUT2D eigenvalue weighted by Crippen LogP contribution is 2.65. The molecule has 2 aliphatic rings. The average molecular weight is 595 g/mol. The normalized spacial score (nSPS) is 23.3. The van der Waals surface area contributed by atoms with Crippen LogP contribution in [-0.2, 0) is 14.3 Å². The molecule has 216 valence electrons. The van der Waals surface area contributed by atoms with Crippen molar-refractivity contribution in [2.24, 2.45) is 17.3 Å². The lowest BCUT2D eigenvalue weighted by Crippen LogP contribution is -2.57. The van der Waals surface area contributed by atoms with E-state index in [2.05, 4.69) is 40.5 Å². The van der Waals surface area contributed by atoms with Gasteiger partial charge in [-0.3, -0.25) is 14.6 Å². The third kappa shape index (κ3) is 5.63. The van der Waals surface area contributed by atoms with E-state index in [1.807, 2.05) is 45.2 Å². The number of piperidine rings is 1. The van der Waals surface area contributed by atoms with Gasteiger partial charge in [-0.25, -0.2) is 4.98 Å². The molecule has 6 atom stereocenters. The number of anilines is 1. The number of aromatic nitrogens is 2. The lowest BCUT2D eigenvalue weighted by Gasteiger charge is -2.36. The van der Waals surface area contributed by atoms with Gasteiger partial charge < -0.3 is 20.3 Å². The molecule has 1 aliphatic heterocycles. The van der Waals surface area contributed by atoms with Crippen molar-refractivity contribution in [1.29, 1.82) is 5.26 Å². The van der Waals surface area contributed by atoms with Crippen LogP contribution in [0.15, 0.2) is 42.2 Å². The molecule has 2 N–H and O–H groups in total. The summed E-state index contributed by atoms with van der Waals surface area (Å²) in [5.41, 5.74) is -0.0684. The standard InChI is InChI=1S/C30H35ClN6O3S/c1-16(40-29(2,3)4)24(36-28-34-10-11-41-28)27(39)37-15-19-23(30(19,5)6)25(37)26(38)35-21(12-32)18-14-33-13-17-8-7-9-20(31)22(17)18/h7-11,13-14,16,19,21,23-25H,15H2,1-6H3,(H,34,36)(H,35,38)/t16-,19+,21?,23+,24+,25+/m1/s1. The molecule has 3 heterocycles. The van der Waals surface area contributed by atoms with E-state index in [4.69, 9.17) is 16.3 Å². The molecule has 1 unspecified atom stereocenters. The van der Waals surface area contributed by atoms with Gasteiger partial charge in [0.1, 0.15) is 18.1 Å². The Labute approximate surface area is 249 Å². The molecule has 0 bridgehead atoms. The van der Waals surface area contributed by atoms with Crippen molar-refractivity contribution >= 4 is 50.7 Å². The van der Waals surface area contributed by atoms with Gasteiger partial charge in [0.15, 0.2) is 5.13 Å². The molecule has 1 aliphatic carbocycles. The van der Waals surface area contributed by atoms with Gasteiger partial charge in [0.25, 0.3) is 0 Å². The molecule has 5 rings (SSSR count). The van der Waals surface area contributed by atoms with Gasteiger partial charge in [-0.15, -0.1) is 11.3 Å². The minimum absolute atomic E-state index is 0.0284. The first-order chi connectivity index (χ1) is 19.3. The number of benzene rings is 1. The van der Waals surface area contributed by atoms with Crippen LogP contribution in [0.25, 0.3) is 10.8 Å². The van der Waals surface area contributed by atoms with Crippen LogP contribution < -0.4 is 10.6 Å². The Bertz CT molecular complexity index is 1490. The van der Waals surface area contributed by atoms with Gasteiger partial charge in [-0.05, 0) is 51.0 Å².